The highest BCUT2D eigenvalue weighted by molar-refractivity contribution is 7.13. The van der Waals surface area contributed by atoms with Crippen LogP contribution in [0, 0.1) is 18.8 Å². The van der Waals surface area contributed by atoms with Crippen LogP contribution in [0.3, 0.4) is 0 Å². The number of nitrogens with one attached hydrogen (secondary N) is 3. The van der Waals surface area contributed by atoms with Crippen LogP contribution in [0.2, 0.25) is 0 Å². The molecule has 5 atom stereocenters. The van der Waals surface area contributed by atoms with E-state index in [-0.39, 0.29) is 18.3 Å². The number of aliphatic hydroxyl groups is 1. The zero-order chi connectivity index (χ0) is 30.9. The lowest BCUT2D eigenvalue weighted by molar-refractivity contribution is -0.135. The number of para-hydroxylation sites is 1. The Morgan fingerprint density at radius 2 is 1.91 bits per heavy atom. The predicted octanol–water partition coefficient (Wildman–Crippen LogP) is 4.46. The van der Waals surface area contributed by atoms with Crippen molar-refractivity contribution in [2.75, 3.05) is 5.32 Å². The number of hydrogen-bond acceptors (Lipinski definition) is 9. The third-order valence-electron chi connectivity index (χ3n) is 8.77. The monoisotopic (exact) mass is 613 g/mol. The van der Waals surface area contributed by atoms with Crippen LogP contribution < -0.4 is 20.7 Å². The van der Waals surface area contributed by atoms with Crippen LogP contribution in [-0.2, 0) is 21.4 Å². The van der Waals surface area contributed by atoms with Gasteiger partial charge in [-0.25, -0.2) is 9.97 Å². The number of carbonyl (C=O) groups excluding carboxylic acids is 2. The van der Waals surface area contributed by atoms with Gasteiger partial charge >= 0.3 is 0 Å². The van der Waals surface area contributed by atoms with Crippen molar-refractivity contribution in [1.82, 2.24) is 20.6 Å². The van der Waals surface area contributed by atoms with E-state index in [4.69, 9.17) is 19.1 Å². The summed E-state index contributed by atoms with van der Waals surface area (Å²) in [7, 11) is 0. The molecule has 0 saturated carbocycles. The fraction of sp³-hybridized carbons (Fsp3) is 0.394. The lowest BCUT2D eigenvalue weighted by Crippen LogP contribution is -2.52. The van der Waals surface area contributed by atoms with Gasteiger partial charge in [-0.3, -0.25) is 9.59 Å². The van der Waals surface area contributed by atoms with Crippen LogP contribution in [0.5, 0.6) is 5.75 Å². The Labute approximate surface area is 259 Å². The Morgan fingerprint density at radius 3 is 2.64 bits per heavy atom. The SMILES string of the molecule is Cc1csc(-c2nc3oc2C24c5ccccc5NC2Oc2ccc(cc24)C[C@H](NC(=O)[C@@H](O)C(C)C)C(=O)NC3C(C)C)n1. The molecule has 3 unspecified atom stereocenters. The normalized spacial score (nSPS) is 24.0. The maximum Gasteiger partial charge on any atom is 0.249 e. The second kappa shape index (κ2) is 10.4. The van der Waals surface area contributed by atoms with Crippen molar-refractivity contribution in [3.05, 3.63) is 81.9 Å². The average Bonchev–Trinajstić information content (AvgIpc) is 3.75. The summed E-state index contributed by atoms with van der Waals surface area (Å²) in [5.41, 5.74) is 4.20. The number of anilines is 1. The van der Waals surface area contributed by atoms with Crippen molar-refractivity contribution in [3.8, 4) is 16.5 Å². The van der Waals surface area contributed by atoms with E-state index in [1.165, 1.54) is 11.3 Å². The van der Waals surface area contributed by atoms with E-state index in [9.17, 15) is 14.7 Å². The van der Waals surface area contributed by atoms with Crippen LogP contribution in [-0.4, -0.2) is 45.3 Å². The standard InChI is InChI=1S/C33H35N5O5S/c1-15(2)24-30-38-25(31-34-17(5)14-44-31)27(43-30)33-19-8-6-7-9-21(19)36-32(33)42-23-11-10-18(12-20(23)33)13-22(28(40)37-24)35-29(41)26(39)16(3)4/h6-12,14-16,22,24,26,32,36,39H,13H2,1-5H3,(H,35,41)(H,37,40)/t22-,24?,26-,32?,33?/m0/s1. The number of carbonyl (C=O) groups is 2. The van der Waals surface area contributed by atoms with Gasteiger partial charge in [0.25, 0.3) is 0 Å². The average molecular weight is 614 g/mol. The molecule has 2 aromatic carbocycles. The molecule has 228 valence electrons. The Morgan fingerprint density at radius 1 is 1.11 bits per heavy atom. The number of nitrogens with zero attached hydrogens (tertiary/aromatic N) is 2. The summed E-state index contributed by atoms with van der Waals surface area (Å²) in [6.45, 7) is 9.42. The van der Waals surface area contributed by atoms with E-state index in [2.05, 4.69) is 22.0 Å². The number of thiazole rings is 1. The first-order valence-corrected chi connectivity index (χ1v) is 15.8. The fourth-order valence-electron chi connectivity index (χ4n) is 6.47. The Balaban J connectivity index is 1.48. The smallest absolute Gasteiger partial charge is 0.249 e. The number of fused-ring (bicyclic) bond motifs is 4. The molecular formula is C33H35N5O5S. The predicted molar refractivity (Wildman–Crippen MR) is 165 cm³/mol. The number of hydrogen-bond donors (Lipinski definition) is 4. The van der Waals surface area contributed by atoms with Crippen LogP contribution >= 0.6 is 11.3 Å². The van der Waals surface area contributed by atoms with Crippen LogP contribution in [0.1, 0.15) is 67.8 Å². The van der Waals surface area contributed by atoms with Gasteiger partial charge < -0.3 is 30.2 Å². The van der Waals surface area contributed by atoms with Crippen molar-refractivity contribution in [2.45, 2.75) is 70.9 Å². The molecule has 4 bridgehead atoms. The minimum Gasteiger partial charge on any atom is -0.469 e. The zero-order valence-corrected chi connectivity index (χ0v) is 26.0. The first-order chi connectivity index (χ1) is 21.1. The number of aryl methyl sites for hydroxylation is 1. The maximum absolute atomic E-state index is 13.9. The molecule has 7 rings (SSSR count). The third-order valence-corrected chi connectivity index (χ3v) is 9.74. The first-order valence-electron chi connectivity index (χ1n) is 15.0. The molecule has 2 amide bonds. The summed E-state index contributed by atoms with van der Waals surface area (Å²) in [5.74, 6) is 0.243. The van der Waals surface area contributed by atoms with Crippen molar-refractivity contribution < 1.29 is 23.8 Å². The van der Waals surface area contributed by atoms with E-state index in [0.29, 0.717) is 28.1 Å². The molecule has 44 heavy (non-hydrogen) atoms. The summed E-state index contributed by atoms with van der Waals surface area (Å²) in [4.78, 5) is 36.8. The quantitative estimate of drug-likeness (QED) is 0.259. The second-order valence-corrected chi connectivity index (χ2v) is 13.4. The zero-order valence-electron chi connectivity index (χ0n) is 25.2. The molecule has 3 aliphatic rings. The Bertz CT molecular complexity index is 1780. The number of aliphatic hydroxyl groups excluding tert-OH is 1. The van der Waals surface area contributed by atoms with Crippen molar-refractivity contribution in [1.29, 1.82) is 0 Å². The van der Waals surface area contributed by atoms with Gasteiger partial charge in [0, 0.05) is 28.7 Å². The summed E-state index contributed by atoms with van der Waals surface area (Å²) >= 11 is 1.49. The summed E-state index contributed by atoms with van der Waals surface area (Å²) < 4.78 is 13.5. The number of aromatic nitrogens is 2. The minimum atomic E-state index is -1.25. The van der Waals surface area contributed by atoms with Gasteiger partial charge in [0.15, 0.2) is 12.0 Å². The summed E-state index contributed by atoms with van der Waals surface area (Å²) in [6.07, 6.45) is -1.55. The van der Waals surface area contributed by atoms with Gasteiger partial charge in [-0.15, -0.1) is 11.3 Å². The molecular weight excluding hydrogens is 578 g/mol. The van der Waals surface area contributed by atoms with Crippen LogP contribution in [0.15, 0.2) is 52.3 Å². The van der Waals surface area contributed by atoms with E-state index >= 15 is 0 Å². The van der Waals surface area contributed by atoms with Gasteiger partial charge in [-0.1, -0.05) is 58.0 Å². The number of ether oxygens (including phenoxy) is 1. The molecule has 0 radical (unpaired) electrons. The van der Waals surface area contributed by atoms with Crippen molar-refractivity contribution >= 4 is 28.8 Å². The Hall–Kier alpha value is -4.22. The largest absolute Gasteiger partial charge is 0.469 e. The molecule has 11 heteroatoms. The second-order valence-electron chi connectivity index (χ2n) is 12.5. The molecule has 1 spiro atoms. The number of amides is 2. The van der Waals surface area contributed by atoms with E-state index in [1.807, 2.05) is 62.5 Å². The Kier molecular flexibility index (Phi) is 6.78. The van der Waals surface area contributed by atoms with Crippen molar-refractivity contribution in [3.63, 3.8) is 0 Å². The highest BCUT2D eigenvalue weighted by atomic mass is 32.1. The number of rotatable bonds is 5. The molecule has 2 aromatic heterocycles. The molecule has 10 nitrogen and oxygen atoms in total. The topological polar surface area (TPSA) is 139 Å². The van der Waals surface area contributed by atoms with Gasteiger partial charge in [-0.2, -0.15) is 0 Å². The van der Waals surface area contributed by atoms with E-state index in [0.717, 1.165) is 28.1 Å². The summed E-state index contributed by atoms with van der Waals surface area (Å²) in [5, 5.41) is 22.7. The number of benzene rings is 2. The molecule has 0 aliphatic carbocycles. The van der Waals surface area contributed by atoms with Gasteiger partial charge in [0.05, 0.1) is 0 Å². The van der Waals surface area contributed by atoms with Crippen molar-refractivity contribution in [2.24, 2.45) is 11.8 Å². The highest BCUT2D eigenvalue weighted by Gasteiger charge is 2.61. The van der Waals surface area contributed by atoms with Gasteiger partial charge in [0.1, 0.15) is 40.1 Å². The van der Waals surface area contributed by atoms with E-state index < -0.39 is 41.6 Å². The van der Waals surface area contributed by atoms with E-state index in [1.54, 1.807) is 13.8 Å². The minimum absolute atomic E-state index is 0.104. The lowest BCUT2D eigenvalue weighted by Gasteiger charge is -2.29. The van der Waals surface area contributed by atoms with Gasteiger partial charge in [0.2, 0.25) is 17.7 Å². The molecule has 0 fully saturated rings. The molecule has 0 saturated heterocycles. The molecule has 3 aliphatic heterocycles. The third kappa shape index (κ3) is 4.32. The fourth-order valence-corrected chi connectivity index (χ4v) is 7.25. The highest BCUT2D eigenvalue weighted by Crippen LogP contribution is 2.59. The molecule has 4 aromatic rings. The number of oxazole rings is 1. The molecule has 5 heterocycles. The van der Waals surface area contributed by atoms with Crippen LogP contribution in [0.4, 0.5) is 5.69 Å². The maximum atomic E-state index is 13.9. The molecule has 4 N–H and O–H groups in total. The van der Waals surface area contributed by atoms with Gasteiger partial charge in [-0.05, 0) is 42.0 Å². The summed E-state index contributed by atoms with van der Waals surface area (Å²) in [6, 6.07) is 12.4. The lowest BCUT2D eigenvalue weighted by atomic mass is 9.72. The van der Waals surface area contributed by atoms with Crippen LogP contribution in [0.25, 0.3) is 10.7 Å². The first kappa shape index (κ1) is 28.5.